The van der Waals surface area contributed by atoms with Gasteiger partial charge in [-0.1, -0.05) is 0 Å². The maximum Gasteiger partial charge on any atom is 0.255 e. The third kappa shape index (κ3) is 2.53. The molecule has 0 aliphatic carbocycles. The van der Waals surface area contributed by atoms with E-state index >= 15 is 0 Å². The van der Waals surface area contributed by atoms with Crippen LogP contribution in [0.4, 0.5) is 5.69 Å². The number of ether oxygens (including phenoxy) is 1. The largest absolute Gasteiger partial charge is 0.492 e. The van der Waals surface area contributed by atoms with Crippen molar-refractivity contribution < 1.29 is 14.3 Å². The van der Waals surface area contributed by atoms with Gasteiger partial charge >= 0.3 is 0 Å². The maximum absolute atomic E-state index is 12.2. The van der Waals surface area contributed by atoms with Crippen LogP contribution in [0, 0.1) is 0 Å². The Kier molecular flexibility index (Phi) is 3.23. The van der Waals surface area contributed by atoms with Crippen LogP contribution < -0.4 is 15.8 Å². The minimum Gasteiger partial charge on any atom is -0.492 e. The molecule has 0 fully saturated rings. The number of carbonyl (C=O) groups excluding carboxylic acids is 2. The topological polar surface area (TPSA) is 107 Å². The van der Waals surface area contributed by atoms with Crippen LogP contribution in [-0.2, 0) is 6.42 Å². The van der Waals surface area contributed by atoms with Crippen LogP contribution >= 0.6 is 0 Å². The first kappa shape index (κ1) is 13.0. The van der Waals surface area contributed by atoms with Crippen molar-refractivity contribution in [3.63, 3.8) is 0 Å². The number of amides is 2. The van der Waals surface area contributed by atoms with Gasteiger partial charge in [-0.25, -0.2) is 9.97 Å². The number of rotatable bonds is 3. The molecule has 0 atom stereocenters. The molecule has 7 nitrogen and oxygen atoms in total. The summed E-state index contributed by atoms with van der Waals surface area (Å²) < 4.78 is 5.39. The lowest BCUT2D eigenvalue weighted by atomic mass is 10.0. The number of aromatic nitrogens is 2. The van der Waals surface area contributed by atoms with E-state index in [0.717, 1.165) is 5.56 Å². The summed E-state index contributed by atoms with van der Waals surface area (Å²) in [6, 6.07) is 3.14. The number of fused-ring (bicyclic) bond motifs is 1. The molecule has 0 unspecified atom stereocenters. The number of hydrogen-bond acceptors (Lipinski definition) is 5. The van der Waals surface area contributed by atoms with E-state index in [4.69, 9.17) is 10.5 Å². The molecular weight excluding hydrogens is 272 g/mol. The Morgan fingerprint density at radius 2 is 2.00 bits per heavy atom. The molecule has 7 heteroatoms. The highest BCUT2D eigenvalue weighted by Gasteiger charge is 2.22. The maximum atomic E-state index is 12.2. The number of nitrogens with one attached hydrogen (secondary N) is 1. The third-order valence-corrected chi connectivity index (χ3v) is 3.13. The van der Waals surface area contributed by atoms with Gasteiger partial charge in [0.2, 0.25) is 0 Å². The van der Waals surface area contributed by atoms with Gasteiger partial charge in [0.15, 0.2) is 0 Å². The molecule has 1 aromatic heterocycles. The fourth-order valence-corrected chi connectivity index (χ4v) is 2.19. The van der Waals surface area contributed by atoms with Crippen LogP contribution in [0.1, 0.15) is 26.3 Å². The third-order valence-electron chi connectivity index (χ3n) is 3.13. The Morgan fingerprint density at radius 3 is 2.71 bits per heavy atom. The average Bonchev–Trinajstić information content (AvgIpc) is 2.95. The van der Waals surface area contributed by atoms with E-state index in [1.807, 2.05) is 0 Å². The highest BCUT2D eigenvalue weighted by molar-refractivity contribution is 6.07. The van der Waals surface area contributed by atoms with Crippen LogP contribution in [0.5, 0.6) is 5.75 Å². The second-order valence-electron chi connectivity index (χ2n) is 4.56. The molecule has 106 valence electrons. The fourth-order valence-electron chi connectivity index (χ4n) is 2.19. The second-order valence-corrected chi connectivity index (χ2v) is 4.56. The van der Waals surface area contributed by atoms with Crippen molar-refractivity contribution in [1.29, 1.82) is 0 Å². The molecule has 3 N–H and O–H groups in total. The molecule has 21 heavy (non-hydrogen) atoms. The van der Waals surface area contributed by atoms with Gasteiger partial charge < -0.3 is 15.8 Å². The summed E-state index contributed by atoms with van der Waals surface area (Å²) in [5.41, 5.74) is 7.18. The normalized spacial score (nSPS) is 12.4. The van der Waals surface area contributed by atoms with Crippen LogP contribution in [0.2, 0.25) is 0 Å². The first-order valence-electron chi connectivity index (χ1n) is 6.31. The molecule has 0 spiro atoms. The number of nitrogens with zero attached hydrogens (tertiary/aromatic N) is 2. The van der Waals surface area contributed by atoms with Gasteiger partial charge in [0, 0.05) is 12.0 Å². The van der Waals surface area contributed by atoms with E-state index < -0.39 is 5.91 Å². The number of hydrogen-bond donors (Lipinski definition) is 2. The van der Waals surface area contributed by atoms with Crippen LogP contribution in [-0.4, -0.2) is 28.4 Å². The van der Waals surface area contributed by atoms with Gasteiger partial charge in [0.25, 0.3) is 11.8 Å². The predicted molar refractivity (Wildman–Crippen MR) is 74.1 cm³/mol. The Hall–Kier alpha value is -2.96. The Bertz CT molecular complexity index is 716. The van der Waals surface area contributed by atoms with E-state index in [1.54, 1.807) is 6.07 Å². The summed E-state index contributed by atoms with van der Waals surface area (Å²) in [6.07, 6.45) is 4.98. The van der Waals surface area contributed by atoms with Crippen molar-refractivity contribution in [3.05, 3.63) is 47.5 Å². The quantitative estimate of drug-likeness (QED) is 0.865. The Morgan fingerprint density at radius 1 is 1.24 bits per heavy atom. The van der Waals surface area contributed by atoms with Gasteiger partial charge in [0.1, 0.15) is 12.1 Å². The molecule has 2 amide bonds. The summed E-state index contributed by atoms with van der Waals surface area (Å²) >= 11 is 0. The van der Waals surface area contributed by atoms with Gasteiger partial charge in [-0.15, -0.1) is 0 Å². The van der Waals surface area contributed by atoms with E-state index in [2.05, 4.69) is 15.3 Å². The number of carbonyl (C=O) groups is 2. The van der Waals surface area contributed by atoms with Crippen molar-refractivity contribution in [2.75, 3.05) is 11.9 Å². The minimum absolute atomic E-state index is 0.222. The van der Waals surface area contributed by atoms with Gasteiger partial charge in [-0.2, -0.15) is 0 Å². The summed E-state index contributed by atoms with van der Waals surface area (Å²) in [7, 11) is 0. The molecule has 3 rings (SSSR count). The smallest absolute Gasteiger partial charge is 0.255 e. The molecule has 2 aromatic rings. The zero-order valence-electron chi connectivity index (χ0n) is 11.0. The van der Waals surface area contributed by atoms with Crippen molar-refractivity contribution >= 4 is 17.5 Å². The number of primary amides is 1. The lowest BCUT2D eigenvalue weighted by Gasteiger charge is -2.09. The Labute approximate surface area is 120 Å². The van der Waals surface area contributed by atoms with E-state index in [-0.39, 0.29) is 11.5 Å². The van der Waals surface area contributed by atoms with Crippen molar-refractivity contribution in [1.82, 2.24) is 9.97 Å². The molecule has 0 saturated heterocycles. The summed E-state index contributed by atoms with van der Waals surface area (Å²) in [4.78, 5) is 31.3. The monoisotopic (exact) mass is 284 g/mol. The molecule has 0 saturated carbocycles. The zero-order valence-corrected chi connectivity index (χ0v) is 11.0. The van der Waals surface area contributed by atoms with Crippen molar-refractivity contribution in [2.24, 2.45) is 5.73 Å². The SMILES string of the molecule is NC(=O)c1cc(C(=O)Nc2cncnc2)cc2c1OCC2. The zero-order chi connectivity index (χ0) is 14.8. The van der Waals surface area contributed by atoms with Gasteiger partial charge in [0.05, 0.1) is 30.3 Å². The van der Waals surface area contributed by atoms with E-state index in [9.17, 15) is 9.59 Å². The molecule has 1 aliphatic rings. The lowest BCUT2D eigenvalue weighted by Crippen LogP contribution is -2.16. The van der Waals surface area contributed by atoms with Crippen molar-refractivity contribution in [2.45, 2.75) is 6.42 Å². The fraction of sp³-hybridized carbons (Fsp3) is 0.143. The van der Waals surface area contributed by atoms with Gasteiger partial charge in [-0.3, -0.25) is 9.59 Å². The predicted octanol–water partition coefficient (Wildman–Crippen LogP) is 0.763. The highest BCUT2D eigenvalue weighted by atomic mass is 16.5. The summed E-state index contributed by atoms with van der Waals surface area (Å²) in [6.45, 7) is 0.479. The standard InChI is InChI=1S/C14H12N4O3/c15-13(19)11-4-9(3-8-1-2-21-12(8)11)14(20)18-10-5-16-7-17-6-10/h3-7H,1-2H2,(H2,15,19)(H,18,20). The summed E-state index contributed by atoms with van der Waals surface area (Å²) in [5, 5.41) is 2.66. The van der Waals surface area contributed by atoms with E-state index in [1.165, 1.54) is 24.8 Å². The van der Waals surface area contributed by atoms with Crippen LogP contribution in [0.15, 0.2) is 30.9 Å². The first-order chi connectivity index (χ1) is 10.1. The molecule has 0 radical (unpaired) electrons. The number of nitrogens with two attached hydrogens (primary N) is 1. The molecule has 0 bridgehead atoms. The molecule has 1 aromatic carbocycles. The van der Waals surface area contributed by atoms with Crippen LogP contribution in [0.25, 0.3) is 0 Å². The highest BCUT2D eigenvalue weighted by Crippen LogP contribution is 2.31. The lowest BCUT2D eigenvalue weighted by molar-refractivity contribution is 0.0997. The summed E-state index contributed by atoms with van der Waals surface area (Å²) in [5.74, 6) is -0.505. The van der Waals surface area contributed by atoms with Crippen molar-refractivity contribution in [3.8, 4) is 5.75 Å². The molecular formula is C14H12N4O3. The minimum atomic E-state index is -0.620. The second kappa shape index (κ2) is 5.20. The molecule has 1 aliphatic heterocycles. The number of benzene rings is 1. The Balaban J connectivity index is 1.94. The van der Waals surface area contributed by atoms with Crippen LogP contribution in [0.3, 0.4) is 0 Å². The van der Waals surface area contributed by atoms with E-state index in [0.29, 0.717) is 30.0 Å². The van der Waals surface area contributed by atoms with Gasteiger partial charge in [-0.05, 0) is 17.7 Å². The first-order valence-corrected chi connectivity index (χ1v) is 6.31. The number of anilines is 1. The average molecular weight is 284 g/mol. The molecule has 2 heterocycles.